The summed E-state index contributed by atoms with van der Waals surface area (Å²) >= 11 is 3.30. The third-order valence-electron chi connectivity index (χ3n) is 4.27. The summed E-state index contributed by atoms with van der Waals surface area (Å²) in [6.07, 6.45) is 5.21. The lowest BCUT2D eigenvalue weighted by Crippen LogP contribution is -2.48. The fraction of sp³-hybridized carbons (Fsp3) is 0.533. The third-order valence-corrected chi connectivity index (χ3v) is 6.18. The van der Waals surface area contributed by atoms with Crippen molar-refractivity contribution in [2.24, 2.45) is 0 Å². The lowest BCUT2D eigenvalue weighted by molar-refractivity contribution is -0.117. The summed E-state index contributed by atoms with van der Waals surface area (Å²) in [6.45, 7) is 4.07. The van der Waals surface area contributed by atoms with Crippen LogP contribution in [0.2, 0.25) is 0 Å². The first-order valence-electron chi connectivity index (χ1n) is 7.93. The Balaban J connectivity index is 1.26. The van der Waals surface area contributed by atoms with Gasteiger partial charge in [-0.15, -0.1) is 22.7 Å². The number of carbonyl (C=O) groups excluding carboxylic acids is 1. The zero-order chi connectivity index (χ0) is 15.6. The van der Waals surface area contributed by atoms with Crippen LogP contribution in [0.5, 0.6) is 0 Å². The molecule has 0 radical (unpaired) electrons. The SMILES string of the molecule is O=C(CN1CCN(c2nccs2)CC1)Nc1nc2c(s1)CCC2. The number of nitrogens with zero attached hydrogens (tertiary/aromatic N) is 4. The highest BCUT2D eigenvalue weighted by Gasteiger charge is 2.22. The van der Waals surface area contributed by atoms with Gasteiger partial charge < -0.3 is 10.2 Å². The Morgan fingerprint density at radius 3 is 2.87 bits per heavy atom. The molecule has 1 fully saturated rings. The average molecular weight is 349 g/mol. The Bertz CT molecular complexity index is 655. The summed E-state index contributed by atoms with van der Waals surface area (Å²) < 4.78 is 0. The van der Waals surface area contributed by atoms with Gasteiger partial charge >= 0.3 is 0 Å². The van der Waals surface area contributed by atoms with Crippen LogP contribution in [0.3, 0.4) is 0 Å². The van der Waals surface area contributed by atoms with Crippen molar-refractivity contribution in [2.75, 3.05) is 42.9 Å². The van der Waals surface area contributed by atoms with E-state index in [2.05, 4.69) is 25.1 Å². The van der Waals surface area contributed by atoms with E-state index in [0.29, 0.717) is 6.54 Å². The van der Waals surface area contributed by atoms with Gasteiger partial charge in [-0.25, -0.2) is 9.97 Å². The van der Waals surface area contributed by atoms with E-state index in [9.17, 15) is 4.79 Å². The van der Waals surface area contributed by atoms with E-state index >= 15 is 0 Å². The number of nitrogens with one attached hydrogen (secondary N) is 1. The summed E-state index contributed by atoms with van der Waals surface area (Å²) in [5.74, 6) is 0.0418. The van der Waals surface area contributed by atoms with Crippen LogP contribution in [0.4, 0.5) is 10.3 Å². The molecule has 2 aliphatic rings. The van der Waals surface area contributed by atoms with Gasteiger partial charge in [0.25, 0.3) is 0 Å². The van der Waals surface area contributed by atoms with Gasteiger partial charge in [0.15, 0.2) is 10.3 Å². The van der Waals surface area contributed by atoms with Crippen LogP contribution in [-0.2, 0) is 17.6 Å². The molecule has 0 atom stereocenters. The smallest absolute Gasteiger partial charge is 0.240 e. The molecule has 3 heterocycles. The molecule has 1 N–H and O–H groups in total. The Hall–Kier alpha value is -1.51. The number of piperazine rings is 1. The monoisotopic (exact) mass is 349 g/mol. The minimum atomic E-state index is 0.0418. The minimum absolute atomic E-state index is 0.0418. The first kappa shape index (κ1) is 15.0. The number of hydrogen-bond acceptors (Lipinski definition) is 7. The Labute approximate surface area is 143 Å². The van der Waals surface area contributed by atoms with Crippen LogP contribution in [0.15, 0.2) is 11.6 Å². The molecular formula is C15H19N5OS2. The van der Waals surface area contributed by atoms with Crippen molar-refractivity contribution in [3.05, 3.63) is 22.1 Å². The van der Waals surface area contributed by atoms with Gasteiger partial charge in [0.1, 0.15) is 0 Å². The van der Waals surface area contributed by atoms with E-state index in [4.69, 9.17) is 0 Å². The van der Waals surface area contributed by atoms with Crippen molar-refractivity contribution in [2.45, 2.75) is 19.3 Å². The zero-order valence-electron chi connectivity index (χ0n) is 12.8. The molecule has 122 valence electrons. The highest BCUT2D eigenvalue weighted by atomic mass is 32.1. The largest absolute Gasteiger partial charge is 0.346 e. The lowest BCUT2D eigenvalue weighted by Gasteiger charge is -2.33. The van der Waals surface area contributed by atoms with Crippen molar-refractivity contribution in [1.82, 2.24) is 14.9 Å². The summed E-state index contributed by atoms with van der Waals surface area (Å²) in [6, 6.07) is 0. The van der Waals surface area contributed by atoms with E-state index < -0.39 is 0 Å². The second-order valence-corrected chi connectivity index (χ2v) is 7.83. The number of aryl methyl sites for hydroxylation is 2. The van der Waals surface area contributed by atoms with Crippen LogP contribution in [0.1, 0.15) is 17.0 Å². The van der Waals surface area contributed by atoms with Crippen molar-refractivity contribution in [3.63, 3.8) is 0 Å². The third kappa shape index (κ3) is 3.39. The summed E-state index contributed by atoms with van der Waals surface area (Å²) in [5, 5.41) is 6.80. The maximum Gasteiger partial charge on any atom is 0.240 e. The highest BCUT2D eigenvalue weighted by Crippen LogP contribution is 2.30. The second-order valence-electron chi connectivity index (χ2n) is 5.87. The summed E-state index contributed by atoms with van der Waals surface area (Å²) in [4.78, 5) is 26.9. The quantitative estimate of drug-likeness (QED) is 0.913. The summed E-state index contributed by atoms with van der Waals surface area (Å²) in [7, 11) is 0. The molecule has 0 unspecified atom stereocenters. The molecule has 6 nitrogen and oxygen atoms in total. The number of thiazole rings is 2. The average Bonchev–Trinajstić information content (AvgIpc) is 3.24. The maximum atomic E-state index is 12.2. The van der Waals surface area contributed by atoms with Gasteiger partial charge in [-0.1, -0.05) is 0 Å². The van der Waals surface area contributed by atoms with Gasteiger partial charge in [0.2, 0.25) is 5.91 Å². The first-order valence-corrected chi connectivity index (χ1v) is 9.63. The highest BCUT2D eigenvalue weighted by molar-refractivity contribution is 7.16. The number of rotatable bonds is 4. The van der Waals surface area contributed by atoms with Gasteiger partial charge in [0.05, 0.1) is 12.2 Å². The van der Waals surface area contributed by atoms with Gasteiger partial charge in [-0.3, -0.25) is 9.69 Å². The molecule has 23 heavy (non-hydrogen) atoms. The van der Waals surface area contributed by atoms with E-state index in [1.165, 1.54) is 17.0 Å². The maximum absolute atomic E-state index is 12.2. The van der Waals surface area contributed by atoms with Gasteiger partial charge in [-0.2, -0.15) is 0 Å². The molecule has 0 bridgehead atoms. The standard InChI is InChI=1S/C15H19N5OS2/c21-13(18-14-17-11-2-1-3-12(11)23-14)10-19-5-7-20(8-6-19)15-16-4-9-22-15/h4,9H,1-3,5-8,10H2,(H,17,18,21). The fourth-order valence-corrected chi connectivity index (χ4v) is 4.84. The minimum Gasteiger partial charge on any atom is -0.346 e. The van der Waals surface area contributed by atoms with Crippen LogP contribution in [-0.4, -0.2) is 53.5 Å². The van der Waals surface area contributed by atoms with Crippen molar-refractivity contribution < 1.29 is 4.79 Å². The molecule has 2 aromatic heterocycles. The number of carbonyl (C=O) groups is 1. The van der Waals surface area contributed by atoms with Gasteiger partial charge in [-0.05, 0) is 19.3 Å². The summed E-state index contributed by atoms with van der Waals surface area (Å²) in [5.41, 5.74) is 1.18. The number of aromatic nitrogens is 2. The van der Waals surface area contributed by atoms with Crippen LogP contribution in [0.25, 0.3) is 0 Å². The Kier molecular flexibility index (Phi) is 4.28. The molecule has 1 saturated heterocycles. The van der Waals surface area contributed by atoms with E-state index in [1.54, 1.807) is 22.7 Å². The number of anilines is 2. The van der Waals surface area contributed by atoms with E-state index in [1.807, 2.05) is 11.6 Å². The molecule has 1 amide bonds. The molecule has 0 spiro atoms. The topological polar surface area (TPSA) is 61.4 Å². The molecule has 4 rings (SSSR count). The predicted octanol–water partition coefficient (Wildman–Crippen LogP) is 1.85. The Morgan fingerprint density at radius 2 is 2.13 bits per heavy atom. The van der Waals surface area contributed by atoms with Gasteiger partial charge in [0, 0.05) is 42.6 Å². The van der Waals surface area contributed by atoms with E-state index in [-0.39, 0.29) is 5.91 Å². The molecule has 8 heteroatoms. The normalized spacial score (nSPS) is 18.2. The first-order chi connectivity index (χ1) is 11.3. The van der Waals surface area contributed by atoms with E-state index in [0.717, 1.165) is 49.3 Å². The van der Waals surface area contributed by atoms with Crippen LogP contribution in [0, 0.1) is 0 Å². The molecule has 1 aliphatic heterocycles. The van der Waals surface area contributed by atoms with Crippen molar-refractivity contribution >= 4 is 38.8 Å². The number of amides is 1. The number of hydrogen-bond donors (Lipinski definition) is 1. The molecule has 1 aliphatic carbocycles. The lowest BCUT2D eigenvalue weighted by atomic mass is 10.3. The second kappa shape index (κ2) is 6.54. The molecule has 0 saturated carbocycles. The van der Waals surface area contributed by atoms with Crippen molar-refractivity contribution in [1.29, 1.82) is 0 Å². The van der Waals surface area contributed by atoms with Crippen LogP contribution < -0.4 is 10.2 Å². The number of fused-ring (bicyclic) bond motifs is 1. The molecule has 0 aromatic carbocycles. The van der Waals surface area contributed by atoms with Crippen molar-refractivity contribution in [3.8, 4) is 0 Å². The Morgan fingerprint density at radius 1 is 1.26 bits per heavy atom. The molecular weight excluding hydrogens is 330 g/mol. The predicted molar refractivity (Wildman–Crippen MR) is 93.5 cm³/mol. The molecule has 2 aromatic rings. The van der Waals surface area contributed by atoms with Crippen LogP contribution >= 0.6 is 22.7 Å². The zero-order valence-corrected chi connectivity index (χ0v) is 14.5. The fourth-order valence-electron chi connectivity index (χ4n) is 3.08.